The fraction of sp³-hybridized carbons (Fsp3) is 0.312. The average molecular weight is 287 g/mol. The van der Waals surface area contributed by atoms with Crippen LogP contribution in [0.4, 0.5) is 0 Å². The van der Waals surface area contributed by atoms with Gasteiger partial charge in [0, 0.05) is 6.54 Å². The topological polar surface area (TPSA) is 62.9 Å². The van der Waals surface area contributed by atoms with E-state index in [0.717, 1.165) is 11.3 Å². The fourth-order valence-corrected chi connectivity index (χ4v) is 2.74. The number of methoxy groups -OCH3 is 1. The number of aliphatic hydroxyl groups excluding tert-OH is 1. The van der Waals surface area contributed by atoms with E-state index in [1.807, 2.05) is 24.3 Å². The summed E-state index contributed by atoms with van der Waals surface area (Å²) in [5.41, 5.74) is 0.950. The highest BCUT2D eigenvalue weighted by Crippen LogP contribution is 2.34. The van der Waals surface area contributed by atoms with Crippen molar-refractivity contribution in [3.8, 4) is 5.75 Å². The molecule has 1 amide bonds. The van der Waals surface area contributed by atoms with Gasteiger partial charge in [-0.25, -0.2) is 0 Å². The van der Waals surface area contributed by atoms with Gasteiger partial charge in [-0.2, -0.15) is 0 Å². The van der Waals surface area contributed by atoms with E-state index in [2.05, 4.69) is 0 Å². The second kappa shape index (κ2) is 5.61. The molecule has 1 aliphatic rings. The van der Waals surface area contributed by atoms with E-state index in [9.17, 15) is 9.90 Å². The van der Waals surface area contributed by atoms with Crippen LogP contribution in [0.25, 0.3) is 0 Å². The van der Waals surface area contributed by atoms with Crippen LogP contribution in [0.3, 0.4) is 0 Å². The third kappa shape index (κ3) is 2.64. The number of nitrogens with zero attached hydrogens (tertiary/aromatic N) is 1. The van der Waals surface area contributed by atoms with Crippen LogP contribution in [0.2, 0.25) is 0 Å². The van der Waals surface area contributed by atoms with Crippen molar-refractivity contribution in [2.45, 2.75) is 18.6 Å². The number of benzene rings is 1. The smallest absolute Gasteiger partial charge is 0.290 e. The van der Waals surface area contributed by atoms with Gasteiger partial charge in [0.2, 0.25) is 0 Å². The lowest BCUT2D eigenvalue weighted by atomic mass is 10.0. The molecule has 2 atom stereocenters. The molecule has 5 nitrogen and oxygen atoms in total. The molecule has 21 heavy (non-hydrogen) atoms. The van der Waals surface area contributed by atoms with E-state index in [1.165, 1.54) is 6.26 Å². The Hall–Kier alpha value is -2.27. The molecule has 0 bridgehead atoms. The van der Waals surface area contributed by atoms with Crippen LogP contribution in [0, 0.1) is 0 Å². The van der Waals surface area contributed by atoms with Gasteiger partial charge in [-0.3, -0.25) is 4.79 Å². The Morgan fingerprint density at radius 3 is 2.95 bits per heavy atom. The van der Waals surface area contributed by atoms with Gasteiger partial charge < -0.3 is 19.2 Å². The van der Waals surface area contributed by atoms with E-state index in [0.29, 0.717) is 13.0 Å². The average Bonchev–Trinajstić information content (AvgIpc) is 3.16. The number of furan rings is 1. The van der Waals surface area contributed by atoms with Crippen molar-refractivity contribution in [2.75, 3.05) is 13.7 Å². The maximum Gasteiger partial charge on any atom is 0.290 e. The first-order valence-electron chi connectivity index (χ1n) is 6.85. The summed E-state index contributed by atoms with van der Waals surface area (Å²) in [6.07, 6.45) is 1.46. The molecule has 1 aliphatic heterocycles. The minimum absolute atomic E-state index is 0.173. The predicted molar refractivity (Wildman–Crippen MR) is 76.1 cm³/mol. The summed E-state index contributed by atoms with van der Waals surface area (Å²) in [6.45, 7) is 0.307. The number of amides is 1. The van der Waals surface area contributed by atoms with Crippen LogP contribution >= 0.6 is 0 Å². The summed E-state index contributed by atoms with van der Waals surface area (Å²) in [7, 11) is 1.61. The maximum absolute atomic E-state index is 12.5. The van der Waals surface area contributed by atoms with Gasteiger partial charge >= 0.3 is 0 Å². The van der Waals surface area contributed by atoms with Gasteiger partial charge in [0.1, 0.15) is 5.75 Å². The summed E-state index contributed by atoms with van der Waals surface area (Å²) in [6, 6.07) is 10.7. The molecular formula is C16H17NO4. The van der Waals surface area contributed by atoms with E-state index in [1.54, 1.807) is 24.1 Å². The second-order valence-electron chi connectivity index (χ2n) is 5.12. The molecular weight excluding hydrogens is 270 g/mol. The van der Waals surface area contributed by atoms with Gasteiger partial charge in [-0.1, -0.05) is 12.1 Å². The quantitative estimate of drug-likeness (QED) is 0.940. The SMILES string of the molecule is COc1cccc([C@H]2C[C@H](O)CN2C(=O)c2ccco2)c1. The zero-order valence-corrected chi connectivity index (χ0v) is 11.7. The molecule has 1 saturated heterocycles. The Morgan fingerprint density at radius 2 is 2.24 bits per heavy atom. The van der Waals surface area contributed by atoms with Crippen molar-refractivity contribution in [1.29, 1.82) is 0 Å². The lowest BCUT2D eigenvalue weighted by Crippen LogP contribution is -2.31. The fourth-order valence-electron chi connectivity index (χ4n) is 2.74. The monoisotopic (exact) mass is 287 g/mol. The summed E-state index contributed by atoms with van der Waals surface area (Å²) >= 11 is 0. The van der Waals surface area contributed by atoms with E-state index >= 15 is 0 Å². The number of carbonyl (C=O) groups is 1. The second-order valence-corrected chi connectivity index (χ2v) is 5.12. The molecule has 1 N–H and O–H groups in total. The van der Waals surface area contributed by atoms with Crippen LogP contribution in [0.15, 0.2) is 47.1 Å². The molecule has 1 fully saturated rings. The van der Waals surface area contributed by atoms with Crippen molar-refractivity contribution in [1.82, 2.24) is 4.90 Å². The minimum atomic E-state index is -0.528. The van der Waals surface area contributed by atoms with Crippen molar-refractivity contribution < 1.29 is 19.1 Å². The lowest BCUT2D eigenvalue weighted by molar-refractivity contribution is 0.0683. The summed E-state index contributed by atoms with van der Waals surface area (Å²) in [5.74, 6) is 0.820. The van der Waals surface area contributed by atoms with Crippen molar-refractivity contribution in [3.05, 3.63) is 54.0 Å². The number of carbonyl (C=O) groups excluding carboxylic acids is 1. The Morgan fingerprint density at radius 1 is 1.38 bits per heavy atom. The van der Waals surface area contributed by atoms with Gasteiger partial charge in [-0.05, 0) is 36.2 Å². The van der Waals surface area contributed by atoms with Gasteiger partial charge in [0.05, 0.1) is 25.5 Å². The van der Waals surface area contributed by atoms with Crippen LogP contribution in [0.5, 0.6) is 5.75 Å². The highest BCUT2D eigenvalue weighted by molar-refractivity contribution is 5.92. The lowest BCUT2D eigenvalue weighted by Gasteiger charge is -2.24. The van der Waals surface area contributed by atoms with Gasteiger partial charge in [0.25, 0.3) is 5.91 Å². The summed E-state index contributed by atoms with van der Waals surface area (Å²) < 4.78 is 10.4. The molecule has 2 heterocycles. The molecule has 0 radical (unpaired) electrons. The van der Waals surface area contributed by atoms with Crippen LogP contribution in [-0.4, -0.2) is 35.7 Å². The molecule has 3 rings (SSSR count). The number of rotatable bonds is 3. The van der Waals surface area contributed by atoms with Gasteiger partial charge in [0.15, 0.2) is 5.76 Å². The highest BCUT2D eigenvalue weighted by Gasteiger charge is 2.36. The number of β-amino-alcohol motifs (C(OH)–C–C–N with tert-alkyl or cyclic N) is 1. The molecule has 0 spiro atoms. The summed E-state index contributed by atoms with van der Waals surface area (Å²) in [5, 5.41) is 9.95. The molecule has 0 aliphatic carbocycles. The Balaban J connectivity index is 1.90. The third-order valence-electron chi connectivity index (χ3n) is 3.75. The molecule has 0 saturated carbocycles. The summed E-state index contributed by atoms with van der Waals surface area (Å²) in [4.78, 5) is 14.1. The third-order valence-corrected chi connectivity index (χ3v) is 3.75. The standard InChI is InChI=1S/C16H17NO4/c1-20-13-5-2-4-11(8-13)14-9-12(18)10-17(14)16(19)15-6-3-7-21-15/h2-8,12,14,18H,9-10H2,1H3/t12-,14+/m0/s1. The first-order chi connectivity index (χ1) is 10.2. The number of hydrogen-bond acceptors (Lipinski definition) is 4. The highest BCUT2D eigenvalue weighted by atomic mass is 16.5. The van der Waals surface area contributed by atoms with Crippen LogP contribution < -0.4 is 4.74 Å². The van der Waals surface area contributed by atoms with Crippen molar-refractivity contribution >= 4 is 5.91 Å². The largest absolute Gasteiger partial charge is 0.497 e. The van der Waals surface area contributed by atoms with Crippen LogP contribution in [0.1, 0.15) is 28.6 Å². The molecule has 1 aromatic heterocycles. The molecule has 1 aromatic carbocycles. The van der Waals surface area contributed by atoms with Crippen molar-refractivity contribution in [2.24, 2.45) is 0 Å². The number of aliphatic hydroxyl groups is 1. The Bertz CT molecular complexity index is 623. The molecule has 5 heteroatoms. The minimum Gasteiger partial charge on any atom is -0.497 e. The molecule has 2 aromatic rings. The van der Waals surface area contributed by atoms with E-state index < -0.39 is 6.10 Å². The number of hydrogen-bond donors (Lipinski definition) is 1. The van der Waals surface area contributed by atoms with Gasteiger partial charge in [-0.15, -0.1) is 0 Å². The van der Waals surface area contributed by atoms with E-state index in [4.69, 9.17) is 9.15 Å². The first kappa shape index (κ1) is 13.7. The number of likely N-dealkylation sites (tertiary alicyclic amines) is 1. The van der Waals surface area contributed by atoms with Crippen LogP contribution in [-0.2, 0) is 0 Å². The first-order valence-corrected chi connectivity index (χ1v) is 6.85. The Kier molecular flexibility index (Phi) is 3.66. The molecule has 0 unspecified atom stereocenters. The normalized spacial score (nSPS) is 21.5. The van der Waals surface area contributed by atoms with Crippen molar-refractivity contribution in [3.63, 3.8) is 0 Å². The zero-order chi connectivity index (χ0) is 14.8. The zero-order valence-electron chi connectivity index (χ0n) is 11.7. The van der Waals surface area contributed by atoms with E-state index in [-0.39, 0.29) is 17.7 Å². The molecule has 110 valence electrons. The Labute approximate surface area is 122 Å². The maximum atomic E-state index is 12.5. The number of ether oxygens (including phenoxy) is 1. The predicted octanol–water partition coefficient (Wildman–Crippen LogP) is 2.24.